The lowest BCUT2D eigenvalue weighted by atomic mass is 10.2. The van der Waals surface area contributed by atoms with Crippen LogP contribution in [-0.2, 0) is 0 Å². The third-order valence-corrected chi connectivity index (χ3v) is 3.34. The number of fused-ring (bicyclic) bond motifs is 1. The van der Waals surface area contributed by atoms with Crippen LogP contribution in [0.4, 0.5) is 10.1 Å². The van der Waals surface area contributed by atoms with Crippen LogP contribution in [0.3, 0.4) is 0 Å². The molecule has 3 nitrogen and oxygen atoms in total. The number of rotatable bonds is 1. The highest BCUT2D eigenvalue weighted by atomic mass is 79.9. The van der Waals surface area contributed by atoms with Crippen LogP contribution >= 0.6 is 27.5 Å². The minimum absolute atomic E-state index is 0.153. The smallest absolute Gasteiger partial charge is 0.230 e. The van der Waals surface area contributed by atoms with Gasteiger partial charge in [-0.3, -0.25) is 0 Å². The average molecular weight is 342 g/mol. The first-order valence-corrected chi connectivity index (χ1v) is 6.52. The number of nitrogen functional groups attached to an aromatic ring is 1. The largest absolute Gasteiger partial charge is 0.434 e. The van der Waals surface area contributed by atoms with Crippen LogP contribution < -0.4 is 5.73 Å². The Labute approximate surface area is 121 Å². The second kappa shape index (κ2) is 4.51. The zero-order valence-corrected chi connectivity index (χ0v) is 11.8. The second-order valence-corrected chi connectivity index (χ2v) is 5.34. The Bertz CT molecular complexity index is 788. The van der Waals surface area contributed by atoms with Gasteiger partial charge in [-0.2, -0.15) is 0 Å². The number of oxazole rings is 1. The second-order valence-electron chi connectivity index (χ2n) is 3.99. The lowest BCUT2D eigenvalue weighted by Gasteiger charge is -1.98. The maximum Gasteiger partial charge on any atom is 0.230 e. The number of nitrogens with zero attached hydrogens (tertiary/aromatic N) is 1. The quantitative estimate of drug-likeness (QED) is 0.656. The third kappa shape index (κ3) is 2.19. The van der Waals surface area contributed by atoms with E-state index in [-0.39, 0.29) is 11.5 Å². The summed E-state index contributed by atoms with van der Waals surface area (Å²) in [5.41, 5.74) is 7.46. The number of hydrogen-bond acceptors (Lipinski definition) is 3. The van der Waals surface area contributed by atoms with E-state index in [4.69, 9.17) is 21.8 Å². The van der Waals surface area contributed by atoms with Crippen molar-refractivity contribution in [2.45, 2.75) is 0 Å². The molecular weight excluding hydrogens is 335 g/mol. The van der Waals surface area contributed by atoms with Gasteiger partial charge in [0.15, 0.2) is 5.58 Å². The summed E-state index contributed by atoms with van der Waals surface area (Å²) >= 11 is 9.17. The minimum Gasteiger partial charge on any atom is -0.434 e. The van der Waals surface area contributed by atoms with Gasteiger partial charge in [0.2, 0.25) is 5.89 Å². The fraction of sp³-hybridized carbons (Fsp3) is 0. The molecule has 96 valence electrons. The Morgan fingerprint density at radius 3 is 2.84 bits per heavy atom. The molecule has 19 heavy (non-hydrogen) atoms. The van der Waals surface area contributed by atoms with Gasteiger partial charge in [-0.25, -0.2) is 9.37 Å². The molecular formula is C13H7BrClFN2O. The summed E-state index contributed by atoms with van der Waals surface area (Å²) in [5.74, 6) is -0.298. The maximum atomic E-state index is 13.8. The molecule has 3 rings (SSSR count). The molecule has 2 aromatic carbocycles. The highest BCUT2D eigenvalue weighted by Gasteiger charge is 2.15. The van der Waals surface area contributed by atoms with Gasteiger partial charge in [0, 0.05) is 9.50 Å². The molecule has 6 heteroatoms. The van der Waals surface area contributed by atoms with E-state index in [0.29, 0.717) is 21.8 Å². The van der Waals surface area contributed by atoms with Crippen molar-refractivity contribution in [3.05, 3.63) is 45.6 Å². The lowest BCUT2D eigenvalue weighted by Crippen LogP contribution is -1.84. The molecule has 0 aliphatic carbocycles. The molecule has 0 saturated heterocycles. The third-order valence-electron chi connectivity index (χ3n) is 2.64. The first-order chi connectivity index (χ1) is 9.04. The summed E-state index contributed by atoms with van der Waals surface area (Å²) in [6, 6.07) is 7.65. The van der Waals surface area contributed by atoms with E-state index in [1.165, 1.54) is 18.2 Å². The summed E-state index contributed by atoms with van der Waals surface area (Å²) in [6.45, 7) is 0. The monoisotopic (exact) mass is 340 g/mol. The Hall–Kier alpha value is -1.59. The van der Waals surface area contributed by atoms with E-state index in [1.807, 2.05) is 0 Å². The summed E-state index contributed by atoms with van der Waals surface area (Å²) in [5, 5.41) is 0.410. The number of nitrogens with two attached hydrogens (primary N) is 1. The summed E-state index contributed by atoms with van der Waals surface area (Å²) in [7, 11) is 0. The summed E-state index contributed by atoms with van der Waals surface area (Å²) < 4.78 is 20.1. The van der Waals surface area contributed by atoms with E-state index < -0.39 is 5.82 Å². The van der Waals surface area contributed by atoms with Crippen LogP contribution in [0, 0.1) is 5.82 Å². The first kappa shape index (κ1) is 12.4. The molecule has 0 amide bonds. The SMILES string of the molecule is Nc1cc(Br)cc2nc(-c3cc(Cl)ccc3F)oc12. The number of aromatic nitrogens is 1. The molecule has 0 spiro atoms. The van der Waals surface area contributed by atoms with Crippen molar-refractivity contribution >= 4 is 44.3 Å². The molecule has 0 bridgehead atoms. The number of anilines is 1. The van der Waals surface area contributed by atoms with E-state index in [0.717, 1.165) is 4.47 Å². The van der Waals surface area contributed by atoms with Gasteiger partial charge in [-0.15, -0.1) is 0 Å². The van der Waals surface area contributed by atoms with E-state index in [9.17, 15) is 4.39 Å². The van der Waals surface area contributed by atoms with E-state index in [1.54, 1.807) is 12.1 Å². The van der Waals surface area contributed by atoms with Gasteiger partial charge in [0.1, 0.15) is 11.3 Å². The molecule has 0 fully saturated rings. The van der Waals surface area contributed by atoms with Gasteiger partial charge < -0.3 is 10.2 Å². The van der Waals surface area contributed by atoms with Crippen molar-refractivity contribution < 1.29 is 8.81 Å². The van der Waals surface area contributed by atoms with Crippen LogP contribution in [-0.4, -0.2) is 4.98 Å². The first-order valence-electron chi connectivity index (χ1n) is 5.35. The van der Waals surface area contributed by atoms with Crippen molar-refractivity contribution in [3.8, 4) is 11.5 Å². The average Bonchev–Trinajstić information content (AvgIpc) is 2.76. The van der Waals surface area contributed by atoms with Crippen LogP contribution in [0.5, 0.6) is 0 Å². The Kier molecular flexibility index (Phi) is 2.95. The Morgan fingerprint density at radius 1 is 1.26 bits per heavy atom. The number of hydrogen-bond donors (Lipinski definition) is 1. The number of benzene rings is 2. The molecule has 0 aliphatic heterocycles. The normalized spacial score (nSPS) is 11.1. The van der Waals surface area contributed by atoms with Crippen LogP contribution in [0.2, 0.25) is 5.02 Å². The van der Waals surface area contributed by atoms with Crippen molar-refractivity contribution in [2.24, 2.45) is 0 Å². The molecule has 1 aromatic heterocycles. The maximum absolute atomic E-state index is 13.8. The Balaban J connectivity index is 2.26. The fourth-order valence-electron chi connectivity index (χ4n) is 1.80. The van der Waals surface area contributed by atoms with Crippen LogP contribution in [0.25, 0.3) is 22.6 Å². The molecule has 3 aromatic rings. The molecule has 1 heterocycles. The van der Waals surface area contributed by atoms with Gasteiger partial charge in [-0.05, 0) is 30.3 Å². The number of halogens is 3. The van der Waals surface area contributed by atoms with E-state index in [2.05, 4.69) is 20.9 Å². The standard InChI is InChI=1S/C13H7BrClFN2O/c14-6-3-10(17)12-11(4-6)18-13(19-12)8-5-7(15)1-2-9(8)16/h1-5H,17H2. The minimum atomic E-state index is -0.450. The van der Waals surface area contributed by atoms with Crippen molar-refractivity contribution in [1.29, 1.82) is 0 Å². The van der Waals surface area contributed by atoms with Gasteiger partial charge in [0.05, 0.1) is 11.3 Å². The van der Waals surface area contributed by atoms with Gasteiger partial charge >= 0.3 is 0 Å². The zero-order chi connectivity index (χ0) is 13.6. The van der Waals surface area contributed by atoms with Gasteiger partial charge in [-0.1, -0.05) is 27.5 Å². The van der Waals surface area contributed by atoms with Crippen molar-refractivity contribution in [3.63, 3.8) is 0 Å². The molecule has 0 saturated carbocycles. The van der Waals surface area contributed by atoms with E-state index >= 15 is 0 Å². The van der Waals surface area contributed by atoms with Crippen molar-refractivity contribution in [1.82, 2.24) is 4.98 Å². The summed E-state index contributed by atoms with van der Waals surface area (Å²) in [4.78, 5) is 4.23. The zero-order valence-electron chi connectivity index (χ0n) is 9.45. The van der Waals surface area contributed by atoms with Crippen LogP contribution in [0.15, 0.2) is 39.2 Å². The van der Waals surface area contributed by atoms with Crippen LogP contribution in [0.1, 0.15) is 0 Å². The predicted molar refractivity (Wildman–Crippen MR) is 76.5 cm³/mol. The predicted octanol–water partition coefficient (Wildman–Crippen LogP) is 4.63. The molecule has 2 N–H and O–H groups in total. The van der Waals surface area contributed by atoms with Gasteiger partial charge in [0.25, 0.3) is 0 Å². The highest BCUT2D eigenvalue weighted by Crippen LogP contribution is 2.32. The lowest BCUT2D eigenvalue weighted by molar-refractivity contribution is 0.594. The topological polar surface area (TPSA) is 52.0 Å². The highest BCUT2D eigenvalue weighted by molar-refractivity contribution is 9.10. The molecule has 0 unspecified atom stereocenters. The Morgan fingerprint density at radius 2 is 2.05 bits per heavy atom. The molecule has 0 radical (unpaired) electrons. The fourth-order valence-corrected chi connectivity index (χ4v) is 2.44. The summed E-state index contributed by atoms with van der Waals surface area (Å²) in [6.07, 6.45) is 0. The molecule has 0 aliphatic rings. The molecule has 0 atom stereocenters. The van der Waals surface area contributed by atoms with Crippen molar-refractivity contribution in [2.75, 3.05) is 5.73 Å².